The van der Waals surface area contributed by atoms with Crippen molar-refractivity contribution in [1.29, 1.82) is 0 Å². The van der Waals surface area contributed by atoms with E-state index in [1.807, 2.05) is 10.7 Å². The molecule has 0 bridgehead atoms. The number of carbonyl (C=O) groups excluding carboxylic acids is 4. The first-order valence-electron chi connectivity index (χ1n) is 11.7. The highest BCUT2D eigenvalue weighted by atomic mass is 19.1. The van der Waals surface area contributed by atoms with E-state index in [2.05, 4.69) is 22.7 Å². The predicted octanol–water partition coefficient (Wildman–Crippen LogP) is 1.79. The van der Waals surface area contributed by atoms with Gasteiger partial charge >= 0.3 is 6.09 Å². The molecule has 1 aromatic heterocycles. The van der Waals surface area contributed by atoms with Crippen LogP contribution in [0.4, 0.5) is 9.18 Å². The normalized spacial score (nSPS) is 21.4. The molecule has 2 N–H and O–H groups in total. The van der Waals surface area contributed by atoms with Crippen molar-refractivity contribution < 1.29 is 28.3 Å². The zero-order chi connectivity index (χ0) is 24.7. The Morgan fingerprint density at radius 1 is 1.26 bits per heavy atom. The maximum atomic E-state index is 15.2. The number of alkyl carbamates (subject to hydrolysis) is 1. The maximum Gasteiger partial charge on any atom is 0.407 e. The monoisotopic (exact) mass is 483 g/mol. The van der Waals surface area contributed by atoms with Gasteiger partial charge in [0.05, 0.1) is 5.56 Å². The highest BCUT2D eigenvalue weighted by Crippen LogP contribution is 2.30. The Hall–Kier alpha value is -3.76. The van der Waals surface area contributed by atoms with Gasteiger partial charge in [-0.2, -0.15) is 5.10 Å². The molecule has 4 amide bonds. The van der Waals surface area contributed by atoms with Crippen LogP contribution in [0, 0.1) is 11.7 Å². The van der Waals surface area contributed by atoms with Crippen molar-refractivity contribution in [3.63, 3.8) is 0 Å². The van der Waals surface area contributed by atoms with E-state index in [4.69, 9.17) is 4.74 Å². The third-order valence-corrected chi connectivity index (χ3v) is 6.78. The molecule has 1 saturated heterocycles. The average molecular weight is 484 g/mol. The molecule has 2 atom stereocenters. The van der Waals surface area contributed by atoms with Crippen LogP contribution < -0.4 is 10.6 Å². The van der Waals surface area contributed by atoms with E-state index in [0.29, 0.717) is 17.2 Å². The van der Waals surface area contributed by atoms with Gasteiger partial charge in [0.25, 0.3) is 5.91 Å². The number of nitrogens with zero attached hydrogens (tertiary/aromatic N) is 3. The van der Waals surface area contributed by atoms with Gasteiger partial charge in [-0.3, -0.25) is 24.4 Å². The van der Waals surface area contributed by atoms with Crippen molar-refractivity contribution in [3.05, 3.63) is 52.1 Å². The van der Waals surface area contributed by atoms with Gasteiger partial charge in [0.15, 0.2) is 0 Å². The van der Waals surface area contributed by atoms with Crippen molar-refractivity contribution in [2.24, 2.45) is 5.92 Å². The molecule has 2 aromatic rings. The van der Waals surface area contributed by atoms with Crippen molar-refractivity contribution in [2.75, 3.05) is 0 Å². The molecular formula is C24H26FN5O5. The van der Waals surface area contributed by atoms with Crippen molar-refractivity contribution in [3.8, 4) is 0 Å². The molecule has 0 aliphatic carbocycles. The molecule has 35 heavy (non-hydrogen) atoms. The van der Waals surface area contributed by atoms with E-state index in [1.54, 1.807) is 6.07 Å². The molecule has 184 valence electrons. The van der Waals surface area contributed by atoms with Crippen LogP contribution in [0.15, 0.2) is 18.2 Å². The lowest BCUT2D eigenvalue weighted by Gasteiger charge is -2.29. The molecular weight excluding hydrogens is 457 g/mol. The van der Waals surface area contributed by atoms with Crippen LogP contribution in [0.25, 0.3) is 0 Å². The number of amides is 4. The van der Waals surface area contributed by atoms with Crippen molar-refractivity contribution >= 4 is 23.8 Å². The third-order valence-electron chi connectivity index (χ3n) is 6.78. The number of halogens is 1. The molecule has 3 aliphatic heterocycles. The van der Waals surface area contributed by atoms with Crippen molar-refractivity contribution in [1.82, 2.24) is 25.3 Å². The second kappa shape index (κ2) is 9.12. The number of ether oxygens (including phenoxy) is 1. The molecule has 11 heteroatoms. The molecule has 4 heterocycles. The van der Waals surface area contributed by atoms with Gasteiger partial charge in [0, 0.05) is 37.3 Å². The number of rotatable bonds is 5. The number of aryl methyl sites for hydroxylation is 1. The minimum absolute atomic E-state index is 0.00624. The molecule has 0 radical (unpaired) electrons. The summed E-state index contributed by atoms with van der Waals surface area (Å²) in [6, 6.07) is 4.22. The number of hydrogen-bond acceptors (Lipinski definition) is 6. The lowest BCUT2D eigenvalue weighted by atomic mass is 10.0. The lowest BCUT2D eigenvalue weighted by molar-refractivity contribution is -0.136. The van der Waals surface area contributed by atoms with E-state index in [-0.39, 0.29) is 49.6 Å². The van der Waals surface area contributed by atoms with Crippen LogP contribution in [-0.2, 0) is 47.0 Å². The van der Waals surface area contributed by atoms with E-state index in [9.17, 15) is 19.2 Å². The fraction of sp³-hybridized carbons (Fsp3) is 0.458. The molecule has 1 aromatic carbocycles. The Labute approximate surface area is 200 Å². The average Bonchev–Trinajstić information content (AvgIpc) is 3.37. The molecule has 0 saturated carbocycles. The van der Waals surface area contributed by atoms with Crippen LogP contribution in [0.2, 0.25) is 0 Å². The van der Waals surface area contributed by atoms with Gasteiger partial charge < -0.3 is 15.0 Å². The van der Waals surface area contributed by atoms with Gasteiger partial charge in [-0.05, 0) is 36.8 Å². The van der Waals surface area contributed by atoms with Gasteiger partial charge in [-0.15, -0.1) is 0 Å². The largest absolute Gasteiger partial charge is 0.443 e. The second-order valence-corrected chi connectivity index (χ2v) is 9.36. The quantitative estimate of drug-likeness (QED) is 0.626. The van der Waals surface area contributed by atoms with Gasteiger partial charge in [-0.25, -0.2) is 9.18 Å². The fourth-order valence-corrected chi connectivity index (χ4v) is 4.87. The number of carbonyl (C=O) groups is 4. The van der Waals surface area contributed by atoms with E-state index in [1.165, 1.54) is 11.0 Å². The summed E-state index contributed by atoms with van der Waals surface area (Å²) < 4.78 is 22.4. The van der Waals surface area contributed by atoms with Crippen LogP contribution in [0.5, 0.6) is 0 Å². The van der Waals surface area contributed by atoms with E-state index >= 15 is 4.39 Å². The molecule has 2 unspecified atom stereocenters. The third kappa shape index (κ3) is 4.50. The predicted molar refractivity (Wildman–Crippen MR) is 119 cm³/mol. The number of fused-ring (bicyclic) bond motifs is 2. The summed E-state index contributed by atoms with van der Waals surface area (Å²) in [6.07, 6.45) is 1.65. The zero-order valence-electron chi connectivity index (χ0n) is 19.3. The number of piperidine rings is 1. The van der Waals surface area contributed by atoms with Crippen LogP contribution in [0.1, 0.15) is 59.1 Å². The first-order chi connectivity index (χ1) is 16.8. The smallest absolute Gasteiger partial charge is 0.407 e. The van der Waals surface area contributed by atoms with Crippen LogP contribution in [-0.4, -0.2) is 44.5 Å². The number of imide groups is 1. The molecule has 10 nitrogen and oxygen atoms in total. The SMILES string of the molecule is CC1CCc2cc(COC(=O)NCc3ccc4c(c3F)C(=O)N(C3CCC(=O)NC3=O)C4)nn2C1. The van der Waals surface area contributed by atoms with Gasteiger partial charge in [0.2, 0.25) is 11.8 Å². The Bertz CT molecular complexity index is 1230. The first kappa shape index (κ1) is 23.0. The minimum atomic E-state index is -0.819. The summed E-state index contributed by atoms with van der Waals surface area (Å²) in [7, 11) is 0. The number of hydrogen-bond donors (Lipinski definition) is 2. The molecule has 1 fully saturated rings. The Kier molecular flexibility index (Phi) is 6.00. The summed E-state index contributed by atoms with van der Waals surface area (Å²) in [5.74, 6) is -1.72. The summed E-state index contributed by atoms with van der Waals surface area (Å²) in [5, 5.41) is 9.20. The highest BCUT2D eigenvalue weighted by molar-refractivity contribution is 6.05. The second-order valence-electron chi connectivity index (χ2n) is 9.36. The van der Waals surface area contributed by atoms with Crippen LogP contribution >= 0.6 is 0 Å². The fourth-order valence-electron chi connectivity index (χ4n) is 4.87. The summed E-state index contributed by atoms with van der Waals surface area (Å²) in [4.78, 5) is 49.9. The van der Waals surface area contributed by atoms with E-state index < -0.39 is 29.8 Å². The number of benzene rings is 1. The van der Waals surface area contributed by atoms with Gasteiger partial charge in [-0.1, -0.05) is 19.1 Å². The minimum Gasteiger partial charge on any atom is -0.443 e. The standard InChI is InChI=1S/C24H26FN5O5/c1-13-2-5-17-8-16(28-30(17)10-13)12-35-24(34)26-9-14-3-4-15-11-29(23(33)20(15)21(14)25)18-6-7-19(31)27-22(18)32/h3-4,8,13,18H,2,5-7,9-12H2,1H3,(H,26,34)(H,27,31,32). The van der Waals surface area contributed by atoms with Crippen molar-refractivity contribution in [2.45, 2.75) is 64.9 Å². The molecule has 3 aliphatic rings. The Morgan fingerprint density at radius 3 is 2.89 bits per heavy atom. The topological polar surface area (TPSA) is 123 Å². The Morgan fingerprint density at radius 2 is 2.09 bits per heavy atom. The summed E-state index contributed by atoms with van der Waals surface area (Å²) in [6.45, 7) is 2.94. The maximum absolute atomic E-state index is 15.2. The van der Waals surface area contributed by atoms with Gasteiger partial charge in [0.1, 0.15) is 24.2 Å². The molecule has 0 spiro atoms. The lowest BCUT2D eigenvalue weighted by Crippen LogP contribution is -2.52. The summed E-state index contributed by atoms with van der Waals surface area (Å²) in [5.41, 5.74) is 2.26. The highest BCUT2D eigenvalue weighted by Gasteiger charge is 2.40. The van der Waals surface area contributed by atoms with E-state index in [0.717, 1.165) is 25.1 Å². The first-order valence-corrected chi connectivity index (χ1v) is 11.7. The number of nitrogens with one attached hydrogen (secondary N) is 2. The summed E-state index contributed by atoms with van der Waals surface area (Å²) >= 11 is 0. The van der Waals surface area contributed by atoms with Crippen LogP contribution in [0.3, 0.4) is 0 Å². The Balaban J connectivity index is 1.18. The molecule has 5 rings (SSSR count). The number of aromatic nitrogens is 2. The zero-order valence-corrected chi connectivity index (χ0v) is 19.3.